The minimum Gasteiger partial charge on any atom is -0.477 e. The molecule has 3 nitrogen and oxygen atoms in total. The first kappa shape index (κ1) is 12.5. The lowest BCUT2D eigenvalue weighted by Crippen LogP contribution is -2.25. The van der Waals surface area contributed by atoms with Crippen LogP contribution in [0, 0.1) is 0 Å². The second kappa shape index (κ2) is 5.47. The van der Waals surface area contributed by atoms with Gasteiger partial charge < -0.3 is 9.47 Å². The molecule has 0 spiro atoms. The van der Waals surface area contributed by atoms with Crippen molar-refractivity contribution >= 4 is 15.9 Å². The number of aromatic nitrogens is 1. The first-order chi connectivity index (χ1) is 7.05. The number of rotatable bonds is 5. The van der Waals surface area contributed by atoms with Gasteiger partial charge in [-0.2, -0.15) is 0 Å². The van der Waals surface area contributed by atoms with Gasteiger partial charge in [0.1, 0.15) is 0 Å². The Balaban J connectivity index is 2.42. The second-order valence-electron chi connectivity index (χ2n) is 3.85. The summed E-state index contributed by atoms with van der Waals surface area (Å²) in [5.41, 5.74) is -0.152. The van der Waals surface area contributed by atoms with E-state index in [1.165, 1.54) is 0 Å². The predicted octanol–water partition coefficient (Wildman–Crippen LogP) is 3.04. The van der Waals surface area contributed by atoms with Gasteiger partial charge in [-0.05, 0) is 41.9 Å². The van der Waals surface area contributed by atoms with E-state index in [0.29, 0.717) is 12.5 Å². The third-order valence-corrected chi connectivity index (χ3v) is 2.82. The second-order valence-corrected chi connectivity index (χ2v) is 4.71. The van der Waals surface area contributed by atoms with Crippen LogP contribution in [0.2, 0.25) is 0 Å². The molecule has 0 aliphatic heterocycles. The standard InChI is InChI=1S/C11H16BrNO2/c1-11(2,14-3)6-8-15-10-9(12)5-4-7-13-10/h4-5,7H,6,8H2,1-3H3. The van der Waals surface area contributed by atoms with Crippen LogP contribution < -0.4 is 4.74 Å². The molecule has 0 fully saturated rings. The fraction of sp³-hybridized carbons (Fsp3) is 0.545. The summed E-state index contributed by atoms with van der Waals surface area (Å²) < 4.78 is 11.7. The Bertz CT molecular complexity index is 315. The molecular weight excluding hydrogens is 258 g/mol. The lowest BCUT2D eigenvalue weighted by Gasteiger charge is -2.22. The summed E-state index contributed by atoms with van der Waals surface area (Å²) in [4.78, 5) is 4.11. The van der Waals surface area contributed by atoms with E-state index in [1.807, 2.05) is 26.0 Å². The van der Waals surface area contributed by atoms with Crippen molar-refractivity contribution in [3.63, 3.8) is 0 Å². The van der Waals surface area contributed by atoms with Gasteiger partial charge in [0.15, 0.2) is 0 Å². The van der Waals surface area contributed by atoms with Gasteiger partial charge in [0, 0.05) is 19.7 Å². The molecule has 0 N–H and O–H groups in total. The molecule has 1 heterocycles. The number of methoxy groups -OCH3 is 1. The van der Waals surface area contributed by atoms with Crippen LogP contribution in [-0.2, 0) is 4.74 Å². The number of hydrogen-bond acceptors (Lipinski definition) is 3. The summed E-state index contributed by atoms with van der Waals surface area (Å²) in [6.45, 7) is 4.66. The van der Waals surface area contributed by atoms with Gasteiger partial charge in [-0.1, -0.05) is 0 Å². The summed E-state index contributed by atoms with van der Waals surface area (Å²) in [5.74, 6) is 0.629. The van der Waals surface area contributed by atoms with E-state index in [-0.39, 0.29) is 5.60 Å². The van der Waals surface area contributed by atoms with E-state index in [1.54, 1.807) is 13.3 Å². The van der Waals surface area contributed by atoms with E-state index in [4.69, 9.17) is 9.47 Å². The van der Waals surface area contributed by atoms with E-state index in [9.17, 15) is 0 Å². The Hall–Kier alpha value is -0.610. The molecule has 0 amide bonds. The molecule has 0 aliphatic rings. The average molecular weight is 274 g/mol. The molecule has 1 aromatic heterocycles. The molecule has 4 heteroatoms. The van der Waals surface area contributed by atoms with Gasteiger partial charge in [0.25, 0.3) is 0 Å². The van der Waals surface area contributed by atoms with Crippen LogP contribution in [0.3, 0.4) is 0 Å². The van der Waals surface area contributed by atoms with Gasteiger partial charge in [0.05, 0.1) is 16.7 Å². The summed E-state index contributed by atoms with van der Waals surface area (Å²) in [6, 6.07) is 3.76. The average Bonchev–Trinajstić information content (AvgIpc) is 2.21. The smallest absolute Gasteiger partial charge is 0.227 e. The number of hydrogen-bond donors (Lipinski definition) is 0. The fourth-order valence-corrected chi connectivity index (χ4v) is 1.34. The Morgan fingerprint density at radius 1 is 1.47 bits per heavy atom. The highest BCUT2D eigenvalue weighted by Gasteiger charge is 2.16. The highest BCUT2D eigenvalue weighted by Crippen LogP contribution is 2.21. The van der Waals surface area contributed by atoms with Crippen LogP contribution in [0.1, 0.15) is 20.3 Å². The van der Waals surface area contributed by atoms with Gasteiger partial charge >= 0.3 is 0 Å². The lowest BCUT2D eigenvalue weighted by molar-refractivity contribution is 0.00502. The van der Waals surface area contributed by atoms with E-state index < -0.39 is 0 Å². The molecule has 0 atom stereocenters. The van der Waals surface area contributed by atoms with Crippen molar-refractivity contribution < 1.29 is 9.47 Å². The fourth-order valence-electron chi connectivity index (χ4n) is 0.973. The maximum Gasteiger partial charge on any atom is 0.227 e. The quantitative estimate of drug-likeness (QED) is 0.827. The van der Waals surface area contributed by atoms with Crippen LogP contribution in [0.5, 0.6) is 5.88 Å². The number of pyridine rings is 1. The minimum atomic E-state index is -0.152. The number of halogens is 1. The zero-order valence-corrected chi connectivity index (χ0v) is 10.9. The van der Waals surface area contributed by atoms with Crippen LogP contribution >= 0.6 is 15.9 Å². The van der Waals surface area contributed by atoms with Gasteiger partial charge in [-0.15, -0.1) is 0 Å². The molecule has 0 radical (unpaired) electrons. The largest absolute Gasteiger partial charge is 0.477 e. The molecular formula is C11H16BrNO2. The zero-order valence-electron chi connectivity index (χ0n) is 9.29. The molecule has 1 rings (SSSR count). The van der Waals surface area contributed by atoms with Crippen LogP contribution in [0.15, 0.2) is 22.8 Å². The minimum absolute atomic E-state index is 0.152. The van der Waals surface area contributed by atoms with Crippen LogP contribution in [-0.4, -0.2) is 24.3 Å². The van der Waals surface area contributed by atoms with Gasteiger partial charge in [0.2, 0.25) is 5.88 Å². The SMILES string of the molecule is COC(C)(C)CCOc1ncccc1Br. The zero-order chi connectivity index (χ0) is 11.3. The van der Waals surface area contributed by atoms with Crippen LogP contribution in [0.4, 0.5) is 0 Å². The first-order valence-corrected chi connectivity index (χ1v) is 5.63. The Morgan fingerprint density at radius 3 is 2.80 bits per heavy atom. The van der Waals surface area contributed by atoms with Crippen LogP contribution in [0.25, 0.3) is 0 Å². The van der Waals surface area contributed by atoms with Crippen molar-refractivity contribution in [1.82, 2.24) is 4.98 Å². The molecule has 0 aliphatic carbocycles. The number of nitrogens with zero attached hydrogens (tertiary/aromatic N) is 1. The Labute approximate surface area is 98.9 Å². The monoisotopic (exact) mass is 273 g/mol. The third-order valence-electron chi connectivity index (χ3n) is 2.22. The molecule has 84 valence electrons. The first-order valence-electron chi connectivity index (χ1n) is 4.83. The Kier molecular flexibility index (Phi) is 4.54. The molecule has 0 aromatic carbocycles. The summed E-state index contributed by atoms with van der Waals surface area (Å²) >= 11 is 3.38. The predicted molar refractivity (Wildman–Crippen MR) is 63.1 cm³/mol. The van der Waals surface area contributed by atoms with Crippen molar-refractivity contribution in [2.45, 2.75) is 25.9 Å². The maximum absolute atomic E-state index is 5.54. The van der Waals surface area contributed by atoms with E-state index >= 15 is 0 Å². The Morgan fingerprint density at radius 2 is 2.20 bits per heavy atom. The highest BCUT2D eigenvalue weighted by atomic mass is 79.9. The van der Waals surface area contributed by atoms with Crippen molar-refractivity contribution in [3.05, 3.63) is 22.8 Å². The third kappa shape index (κ3) is 4.18. The molecule has 15 heavy (non-hydrogen) atoms. The molecule has 1 aromatic rings. The van der Waals surface area contributed by atoms with Crippen molar-refractivity contribution in [1.29, 1.82) is 0 Å². The van der Waals surface area contributed by atoms with Gasteiger partial charge in [-0.3, -0.25) is 0 Å². The molecule has 0 saturated heterocycles. The summed E-state index contributed by atoms with van der Waals surface area (Å²) in [7, 11) is 1.71. The molecule has 0 bridgehead atoms. The van der Waals surface area contributed by atoms with E-state index in [2.05, 4.69) is 20.9 Å². The van der Waals surface area contributed by atoms with Crippen molar-refractivity contribution in [3.8, 4) is 5.88 Å². The molecule has 0 unspecified atom stereocenters. The van der Waals surface area contributed by atoms with Crippen molar-refractivity contribution in [2.24, 2.45) is 0 Å². The summed E-state index contributed by atoms with van der Waals surface area (Å²) in [6.07, 6.45) is 2.54. The van der Waals surface area contributed by atoms with Crippen molar-refractivity contribution in [2.75, 3.05) is 13.7 Å². The van der Waals surface area contributed by atoms with Gasteiger partial charge in [-0.25, -0.2) is 4.98 Å². The van der Waals surface area contributed by atoms with E-state index in [0.717, 1.165) is 10.9 Å². The summed E-state index contributed by atoms with van der Waals surface area (Å²) in [5, 5.41) is 0. The number of ether oxygens (including phenoxy) is 2. The molecule has 0 saturated carbocycles. The lowest BCUT2D eigenvalue weighted by atomic mass is 10.1. The maximum atomic E-state index is 5.54. The topological polar surface area (TPSA) is 31.4 Å². The normalized spacial score (nSPS) is 11.5. The highest BCUT2D eigenvalue weighted by molar-refractivity contribution is 9.10.